The van der Waals surface area contributed by atoms with E-state index in [1.807, 2.05) is 0 Å². The van der Waals surface area contributed by atoms with Crippen LogP contribution >= 0.6 is 11.6 Å². The molecule has 8 heteroatoms. The second kappa shape index (κ2) is 6.28. The fourth-order valence-electron chi connectivity index (χ4n) is 1.90. The molecule has 2 aromatic rings. The van der Waals surface area contributed by atoms with Gasteiger partial charge >= 0.3 is 0 Å². The topological polar surface area (TPSA) is 46.2 Å². The second-order valence-corrected chi connectivity index (χ2v) is 6.63. The van der Waals surface area contributed by atoms with E-state index < -0.39 is 38.4 Å². The molecular formula is C14H11ClF3NO2S. The van der Waals surface area contributed by atoms with Crippen LogP contribution in [0.2, 0.25) is 5.02 Å². The minimum Gasteiger partial charge on any atom is -0.207 e. The maximum absolute atomic E-state index is 13.6. The van der Waals surface area contributed by atoms with Crippen molar-refractivity contribution < 1.29 is 21.6 Å². The molecule has 0 radical (unpaired) electrons. The predicted octanol–water partition coefficient (Wildman–Crippen LogP) is 3.80. The van der Waals surface area contributed by atoms with Gasteiger partial charge in [0, 0.05) is 11.1 Å². The van der Waals surface area contributed by atoms with Crippen molar-refractivity contribution in [3.8, 4) is 0 Å². The highest BCUT2D eigenvalue weighted by Crippen LogP contribution is 2.25. The lowest BCUT2D eigenvalue weighted by atomic mass is 10.1. The Kier molecular flexibility index (Phi) is 4.79. The molecule has 0 heterocycles. The van der Waals surface area contributed by atoms with Crippen LogP contribution in [0.3, 0.4) is 0 Å². The van der Waals surface area contributed by atoms with Crippen molar-refractivity contribution >= 4 is 21.6 Å². The Morgan fingerprint density at radius 1 is 1.05 bits per heavy atom. The summed E-state index contributed by atoms with van der Waals surface area (Å²) in [6.07, 6.45) is 0. The molecule has 0 bridgehead atoms. The maximum atomic E-state index is 13.6. The molecule has 0 aliphatic rings. The summed E-state index contributed by atoms with van der Waals surface area (Å²) in [5.41, 5.74) is 0.468. The average Bonchev–Trinajstić information content (AvgIpc) is 2.44. The van der Waals surface area contributed by atoms with E-state index >= 15 is 0 Å². The van der Waals surface area contributed by atoms with Crippen LogP contribution < -0.4 is 4.72 Å². The van der Waals surface area contributed by atoms with Crippen LogP contribution in [0.15, 0.2) is 41.3 Å². The van der Waals surface area contributed by atoms with Gasteiger partial charge in [0.15, 0.2) is 17.5 Å². The monoisotopic (exact) mass is 349 g/mol. The fraction of sp³-hybridized carbons (Fsp3) is 0.143. The molecule has 0 aliphatic heterocycles. The Labute approximate surface area is 130 Å². The Balaban J connectivity index is 2.37. The van der Waals surface area contributed by atoms with Gasteiger partial charge in [0.2, 0.25) is 10.0 Å². The summed E-state index contributed by atoms with van der Waals surface area (Å²) >= 11 is 5.95. The molecular weight excluding hydrogens is 339 g/mol. The van der Waals surface area contributed by atoms with E-state index in [0.717, 1.165) is 0 Å². The van der Waals surface area contributed by atoms with Gasteiger partial charge in [0.1, 0.15) is 4.90 Å². The highest BCUT2D eigenvalue weighted by atomic mass is 35.5. The van der Waals surface area contributed by atoms with E-state index in [1.165, 1.54) is 6.92 Å². The van der Waals surface area contributed by atoms with Crippen LogP contribution in [0.4, 0.5) is 13.2 Å². The first-order valence-electron chi connectivity index (χ1n) is 6.14. The molecule has 0 amide bonds. The third-order valence-corrected chi connectivity index (χ3v) is 4.90. The first-order chi connectivity index (χ1) is 10.2. The first-order valence-corrected chi connectivity index (χ1v) is 8.00. The SMILES string of the molecule is C[C@H](NS(=O)(=O)c1ccc(F)c(F)c1F)c1ccccc1Cl. The summed E-state index contributed by atoms with van der Waals surface area (Å²) in [6, 6.07) is 6.91. The quantitative estimate of drug-likeness (QED) is 0.853. The molecule has 0 saturated carbocycles. The van der Waals surface area contributed by atoms with Gasteiger partial charge in [0.05, 0.1) is 0 Å². The van der Waals surface area contributed by atoms with Crippen LogP contribution in [0, 0.1) is 17.5 Å². The Morgan fingerprint density at radius 2 is 1.68 bits per heavy atom. The molecule has 3 nitrogen and oxygen atoms in total. The first kappa shape index (κ1) is 16.8. The molecule has 0 fully saturated rings. The van der Waals surface area contributed by atoms with E-state index in [0.29, 0.717) is 22.7 Å². The summed E-state index contributed by atoms with van der Waals surface area (Å²) in [7, 11) is -4.38. The lowest BCUT2D eigenvalue weighted by Gasteiger charge is -2.16. The number of hydrogen-bond donors (Lipinski definition) is 1. The minimum absolute atomic E-state index is 0.323. The summed E-state index contributed by atoms with van der Waals surface area (Å²) in [6.45, 7) is 1.50. The summed E-state index contributed by atoms with van der Waals surface area (Å²) in [5, 5.41) is 0.323. The van der Waals surface area contributed by atoms with Gasteiger partial charge in [-0.1, -0.05) is 29.8 Å². The highest BCUT2D eigenvalue weighted by molar-refractivity contribution is 7.89. The van der Waals surface area contributed by atoms with Crippen LogP contribution in [-0.2, 0) is 10.0 Å². The molecule has 118 valence electrons. The lowest BCUT2D eigenvalue weighted by molar-refractivity contribution is 0.431. The van der Waals surface area contributed by atoms with Crippen molar-refractivity contribution in [2.75, 3.05) is 0 Å². The molecule has 2 rings (SSSR count). The van der Waals surface area contributed by atoms with Crippen molar-refractivity contribution in [3.05, 3.63) is 64.4 Å². The number of rotatable bonds is 4. The molecule has 1 atom stereocenters. The molecule has 2 aromatic carbocycles. The Hall–Kier alpha value is -1.57. The van der Waals surface area contributed by atoms with Crippen LogP contribution in [0.5, 0.6) is 0 Å². The van der Waals surface area contributed by atoms with Crippen LogP contribution in [-0.4, -0.2) is 8.42 Å². The van der Waals surface area contributed by atoms with Crippen LogP contribution in [0.25, 0.3) is 0 Å². The number of benzene rings is 2. The number of halogens is 4. The Bertz CT molecular complexity index is 812. The molecule has 0 spiro atoms. The largest absolute Gasteiger partial charge is 0.244 e. The average molecular weight is 350 g/mol. The maximum Gasteiger partial charge on any atom is 0.244 e. The van der Waals surface area contributed by atoms with Gasteiger partial charge < -0.3 is 0 Å². The van der Waals surface area contributed by atoms with Crippen molar-refractivity contribution in [1.29, 1.82) is 0 Å². The predicted molar refractivity (Wildman–Crippen MR) is 76.5 cm³/mol. The number of sulfonamides is 1. The van der Waals surface area contributed by atoms with Gasteiger partial charge in [-0.05, 0) is 30.7 Å². The van der Waals surface area contributed by atoms with E-state index in [1.54, 1.807) is 24.3 Å². The van der Waals surface area contributed by atoms with E-state index in [9.17, 15) is 21.6 Å². The number of nitrogens with one attached hydrogen (secondary N) is 1. The van der Waals surface area contributed by atoms with Gasteiger partial charge in [0.25, 0.3) is 0 Å². The molecule has 0 saturated heterocycles. The zero-order valence-corrected chi connectivity index (χ0v) is 12.9. The van der Waals surface area contributed by atoms with E-state index in [-0.39, 0.29) is 0 Å². The van der Waals surface area contributed by atoms with Crippen LogP contribution in [0.1, 0.15) is 18.5 Å². The van der Waals surface area contributed by atoms with Crippen molar-refractivity contribution in [2.24, 2.45) is 0 Å². The summed E-state index contributed by atoms with van der Waals surface area (Å²) in [5.74, 6) is -5.07. The molecule has 22 heavy (non-hydrogen) atoms. The van der Waals surface area contributed by atoms with E-state index in [2.05, 4.69) is 4.72 Å². The van der Waals surface area contributed by atoms with Gasteiger partial charge in [-0.2, -0.15) is 0 Å². The second-order valence-electron chi connectivity index (χ2n) is 4.54. The molecule has 0 aliphatic carbocycles. The smallest absolute Gasteiger partial charge is 0.207 e. The van der Waals surface area contributed by atoms with Gasteiger partial charge in [-0.15, -0.1) is 0 Å². The third kappa shape index (κ3) is 3.26. The zero-order chi connectivity index (χ0) is 16.5. The summed E-state index contributed by atoms with van der Waals surface area (Å²) in [4.78, 5) is -0.967. The van der Waals surface area contributed by atoms with Gasteiger partial charge in [-0.3, -0.25) is 0 Å². The molecule has 1 N–H and O–H groups in total. The summed E-state index contributed by atoms with van der Waals surface area (Å²) < 4.78 is 66.1. The lowest BCUT2D eigenvalue weighted by Crippen LogP contribution is -2.28. The fourth-order valence-corrected chi connectivity index (χ4v) is 3.49. The highest BCUT2D eigenvalue weighted by Gasteiger charge is 2.26. The molecule has 0 unspecified atom stereocenters. The number of hydrogen-bond acceptors (Lipinski definition) is 2. The standard InChI is InChI=1S/C14H11ClF3NO2S/c1-8(9-4-2-3-5-10(9)15)19-22(20,21)12-7-6-11(16)13(17)14(12)18/h2-8,19H,1H3/t8-/m0/s1. The van der Waals surface area contributed by atoms with E-state index in [4.69, 9.17) is 11.6 Å². The van der Waals surface area contributed by atoms with Crippen molar-refractivity contribution in [3.63, 3.8) is 0 Å². The molecule has 0 aromatic heterocycles. The van der Waals surface area contributed by atoms with Crippen molar-refractivity contribution in [2.45, 2.75) is 17.9 Å². The zero-order valence-electron chi connectivity index (χ0n) is 11.3. The normalized spacial score (nSPS) is 13.1. The third-order valence-electron chi connectivity index (χ3n) is 2.99. The van der Waals surface area contributed by atoms with Crippen molar-refractivity contribution in [1.82, 2.24) is 4.72 Å². The minimum atomic E-state index is -4.38. The van der Waals surface area contributed by atoms with Gasteiger partial charge in [-0.25, -0.2) is 26.3 Å². The Morgan fingerprint density at radius 3 is 2.32 bits per heavy atom.